The molecular weight excluding hydrogens is 286 g/mol. The van der Waals surface area contributed by atoms with Crippen LogP contribution in [0.1, 0.15) is 58.4 Å². The van der Waals surface area contributed by atoms with Gasteiger partial charge in [-0.3, -0.25) is 0 Å². The molecule has 1 aromatic carbocycles. The second kappa shape index (κ2) is 6.42. The molecule has 0 bridgehead atoms. The largest absolute Gasteiger partial charge is 0.506 e. The van der Waals surface area contributed by atoms with Gasteiger partial charge >= 0.3 is 0 Å². The van der Waals surface area contributed by atoms with E-state index in [1.54, 1.807) is 6.07 Å². The minimum atomic E-state index is 0.0586. The maximum Gasteiger partial charge on any atom is 0.198 e. The van der Waals surface area contributed by atoms with Gasteiger partial charge in [-0.25, -0.2) is 4.99 Å². The minimum Gasteiger partial charge on any atom is -0.506 e. The number of aliphatic imine (C=N–C) groups is 1. The molecule has 1 heterocycles. The van der Waals surface area contributed by atoms with Crippen LogP contribution in [0.25, 0.3) is 0 Å². The second-order valence-electron chi connectivity index (χ2n) is 7.84. The third-order valence-electron chi connectivity index (χ3n) is 4.62. The van der Waals surface area contributed by atoms with Gasteiger partial charge in [-0.1, -0.05) is 26.8 Å². The highest BCUT2D eigenvalue weighted by atomic mass is 16.3. The first-order chi connectivity index (χ1) is 10.9. The SMILES string of the molecule is CC(C)(C)c1ccc(O)c(NC(=NC2CC2)N2CCCCC2)c1. The number of benzene rings is 1. The van der Waals surface area contributed by atoms with Crippen LogP contribution in [-0.4, -0.2) is 35.1 Å². The van der Waals surface area contributed by atoms with Crippen LogP contribution in [0.2, 0.25) is 0 Å². The zero-order valence-corrected chi connectivity index (χ0v) is 14.6. The maximum atomic E-state index is 10.3. The Hall–Kier alpha value is -1.71. The van der Waals surface area contributed by atoms with Crippen LogP contribution >= 0.6 is 0 Å². The number of nitrogens with zero attached hydrogens (tertiary/aromatic N) is 2. The van der Waals surface area contributed by atoms with Crippen molar-refractivity contribution in [3.05, 3.63) is 23.8 Å². The Labute approximate surface area is 139 Å². The highest BCUT2D eigenvalue weighted by Gasteiger charge is 2.25. The number of phenols is 1. The van der Waals surface area contributed by atoms with Gasteiger partial charge in [0.15, 0.2) is 5.96 Å². The van der Waals surface area contributed by atoms with Crippen LogP contribution in [0.3, 0.4) is 0 Å². The number of likely N-dealkylation sites (tertiary alicyclic amines) is 1. The molecule has 1 aliphatic heterocycles. The van der Waals surface area contributed by atoms with Gasteiger partial charge in [-0.2, -0.15) is 0 Å². The summed E-state index contributed by atoms with van der Waals surface area (Å²) in [4.78, 5) is 7.20. The van der Waals surface area contributed by atoms with Gasteiger partial charge in [0, 0.05) is 13.1 Å². The molecule has 0 aromatic heterocycles. The number of phenolic OH excluding ortho intramolecular Hbond substituents is 1. The summed E-state index contributed by atoms with van der Waals surface area (Å²) in [5.41, 5.74) is 2.04. The molecule has 1 aromatic rings. The summed E-state index contributed by atoms with van der Waals surface area (Å²) in [7, 11) is 0. The summed E-state index contributed by atoms with van der Waals surface area (Å²) in [6.07, 6.45) is 6.12. The van der Waals surface area contributed by atoms with Crippen molar-refractivity contribution >= 4 is 11.6 Å². The van der Waals surface area contributed by atoms with Gasteiger partial charge < -0.3 is 15.3 Å². The van der Waals surface area contributed by atoms with E-state index in [1.807, 2.05) is 6.07 Å². The number of nitrogens with one attached hydrogen (secondary N) is 1. The topological polar surface area (TPSA) is 47.9 Å². The average molecular weight is 315 g/mol. The molecule has 0 spiro atoms. The quantitative estimate of drug-likeness (QED) is 0.490. The van der Waals surface area contributed by atoms with Gasteiger partial charge in [0.2, 0.25) is 0 Å². The highest BCUT2D eigenvalue weighted by Crippen LogP contribution is 2.32. The molecule has 4 heteroatoms. The Morgan fingerprint density at radius 2 is 1.87 bits per heavy atom. The fourth-order valence-electron chi connectivity index (χ4n) is 2.90. The van der Waals surface area contributed by atoms with Gasteiger partial charge in [-0.15, -0.1) is 0 Å². The number of rotatable bonds is 2. The van der Waals surface area contributed by atoms with Crippen molar-refractivity contribution in [2.45, 2.75) is 64.3 Å². The third-order valence-corrected chi connectivity index (χ3v) is 4.62. The van der Waals surface area contributed by atoms with Crippen molar-refractivity contribution in [1.29, 1.82) is 0 Å². The molecular formula is C19H29N3O. The van der Waals surface area contributed by atoms with E-state index in [0.29, 0.717) is 11.8 Å². The number of hydrogen-bond acceptors (Lipinski definition) is 2. The molecule has 1 saturated carbocycles. The van der Waals surface area contributed by atoms with Crippen molar-refractivity contribution in [2.24, 2.45) is 4.99 Å². The molecule has 3 rings (SSSR count). The van der Waals surface area contributed by atoms with Gasteiger partial charge in [-0.05, 0) is 55.2 Å². The lowest BCUT2D eigenvalue weighted by molar-refractivity contribution is 0.340. The maximum absolute atomic E-state index is 10.3. The van der Waals surface area contributed by atoms with Crippen molar-refractivity contribution in [3.8, 4) is 5.75 Å². The smallest absolute Gasteiger partial charge is 0.198 e. The van der Waals surface area contributed by atoms with E-state index < -0.39 is 0 Å². The van der Waals surface area contributed by atoms with Gasteiger partial charge in [0.05, 0.1) is 11.7 Å². The molecule has 2 N–H and O–H groups in total. The summed E-state index contributed by atoms with van der Waals surface area (Å²) in [5, 5.41) is 13.7. The van der Waals surface area contributed by atoms with Crippen molar-refractivity contribution in [1.82, 2.24) is 4.90 Å². The Morgan fingerprint density at radius 3 is 2.48 bits per heavy atom. The first-order valence-corrected chi connectivity index (χ1v) is 8.87. The molecule has 0 atom stereocenters. The lowest BCUT2D eigenvalue weighted by Gasteiger charge is -2.30. The van der Waals surface area contributed by atoms with Crippen molar-refractivity contribution in [2.75, 3.05) is 18.4 Å². The van der Waals surface area contributed by atoms with Crippen LogP contribution in [0.5, 0.6) is 5.75 Å². The predicted octanol–water partition coefficient (Wildman–Crippen LogP) is 4.11. The molecule has 2 fully saturated rings. The van der Waals surface area contributed by atoms with E-state index in [2.05, 4.69) is 37.1 Å². The Morgan fingerprint density at radius 1 is 1.17 bits per heavy atom. The lowest BCUT2D eigenvalue weighted by Crippen LogP contribution is -2.40. The highest BCUT2D eigenvalue weighted by molar-refractivity contribution is 5.95. The Bertz CT molecular complexity index is 579. The molecule has 4 nitrogen and oxygen atoms in total. The summed E-state index contributed by atoms with van der Waals surface area (Å²) in [6, 6.07) is 6.31. The van der Waals surface area contributed by atoms with Gasteiger partial charge in [0.1, 0.15) is 5.75 Å². The Balaban J connectivity index is 1.84. The lowest BCUT2D eigenvalue weighted by atomic mass is 9.87. The normalized spacial score (nSPS) is 19.8. The monoisotopic (exact) mass is 315 g/mol. The minimum absolute atomic E-state index is 0.0586. The number of aromatic hydroxyl groups is 1. The van der Waals surface area contributed by atoms with Crippen LogP contribution in [0.4, 0.5) is 5.69 Å². The average Bonchev–Trinajstić information content (AvgIpc) is 3.32. The van der Waals surface area contributed by atoms with Crippen LogP contribution in [0.15, 0.2) is 23.2 Å². The van der Waals surface area contributed by atoms with E-state index in [9.17, 15) is 5.11 Å². The summed E-state index contributed by atoms with van der Waals surface area (Å²) in [5.74, 6) is 1.23. The predicted molar refractivity (Wildman–Crippen MR) is 96.3 cm³/mol. The summed E-state index contributed by atoms with van der Waals surface area (Å²) < 4.78 is 0. The first-order valence-electron chi connectivity index (χ1n) is 8.87. The molecule has 23 heavy (non-hydrogen) atoms. The number of piperidine rings is 1. The molecule has 0 unspecified atom stereocenters. The summed E-state index contributed by atoms with van der Waals surface area (Å²) in [6.45, 7) is 8.67. The van der Waals surface area contributed by atoms with Gasteiger partial charge in [0.25, 0.3) is 0 Å². The number of guanidine groups is 1. The number of anilines is 1. The molecule has 0 radical (unpaired) electrons. The van der Waals surface area contributed by atoms with E-state index in [-0.39, 0.29) is 5.41 Å². The standard InChI is InChI=1S/C19H29N3O/c1-19(2,3)14-7-10-17(23)16(13-14)21-18(20-15-8-9-15)22-11-5-4-6-12-22/h7,10,13,15,23H,4-6,8-9,11-12H2,1-3H3,(H,20,21). The fourth-order valence-corrected chi connectivity index (χ4v) is 2.90. The van der Waals surface area contributed by atoms with E-state index >= 15 is 0 Å². The summed E-state index contributed by atoms with van der Waals surface area (Å²) >= 11 is 0. The molecule has 1 saturated heterocycles. The van der Waals surface area contributed by atoms with E-state index in [1.165, 1.54) is 37.7 Å². The molecule has 2 aliphatic rings. The Kier molecular flexibility index (Phi) is 4.51. The van der Waals surface area contributed by atoms with E-state index in [0.717, 1.165) is 24.7 Å². The van der Waals surface area contributed by atoms with Crippen molar-refractivity contribution in [3.63, 3.8) is 0 Å². The molecule has 1 aliphatic carbocycles. The molecule has 0 amide bonds. The zero-order valence-electron chi connectivity index (χ0n) is 14.6. The van der Waals surface area contributed by atoms with E-state index in [4.69, 9.17) is 4.99 Å². The third kappa shape index (κ3) is 4.18. The first kappa shape index (κ1) is 16.2. The zero-order chi connectivity index (χ0) is 16.4. The van der Waals surface area contributed by atoms with Crippen molar-refractivity contribution < 1.29 is 5.11 Å². The molecule has 126 valence electrons. The van der Waals surface area contributed by atoms with Crippen LogP contribution in [-0.2, 0) is 5.41 Å². The van der Waals surface area contributed by atoms with Crippen LogP contribution < -0.4 is 5.32 Å². The fraction of sp³-hybridized carbons (Fsp3) is 0.632. The van der Waals surface area contributed by atoms with Crippen LogP contribution in [0, 0.1) is 0 Å². The number of hydrogen-bond donors (Lipinski definition) is 2. The second-order valence-corrected chi connectivity index (χ2v) is 7.84.